The fourth-order valence-electron chi connectivity index (χ4n) is 3.54. The van der Waals surface area contributed by atoms with E-state index in [0.29, 0.717) is 16.9 Å². The van der Waals surface area contributed by atoms with Crippen LogP contribution in [0, 0.1) is 10.8 Å². The van der Waals surface area contributed by atoms with Crippen molar-refractivity contribution < 1.29 is 4.74 Å². The lowest BCUT2D eigenvalue weighted by atomic mass is 9.81. The highest BCUT2D eigenvalue weighted by Gasteiger charge is 2.38. The molecule has 0 aromatic carbocycles. The molecule has 0 aromatic heterocycles. The van der Waals surface area contributed by atoms with Crippen LogP contribution in [0.5, 0.6) is 0 Å². The number of piperidine rings is 1. The summed E-state index contributed by atoms with van der Waals surface area (Å²) in [6.07, 6.45) is 3.93. The number of rotatable bonds is 5. The first-order chi connectivity index (χ1) is 8.91. The van der Waals surface area contributed by atoms with E-state index in [4.69, 9.17) is 4.74 Å². The monoisotopic (exact) mass is 268 g/mol. The molecule has 1 N–H and O–H groups in total. The van der Waals surface area contributed by atoms with Crippen molar-refractivity contribution >= 4 is 0 Å². The van der Waals surface area contributed by atoms with Crippen LogP contribution in [0.3, 0.4) is 0 Å². The molecule has 2 heterocycles. The smallest absolute Gasteiger partial charge is 0.0547 e. The van der Waals surface area contributed by atoms with Crippen molar-refractivity contribution in [2.75, 3.05) is 39.4 Å². The molecule has 2 rings (SSSR count). The van der Waals surface area contributed by atoms with Crippen molar-refractivity contribution in [3.05, 3.63) is 0 Å². The van der Waals surface area contributed by atoms with Crippen molar-refractivity contribution in [1.82, 2.24) is 10.2 Å². The van der Waals surface area contributed by atoms with Gasteiger partial charge in [-0.25, -0.2) is 0 Å². The highest BCUT2D eigenvalue weighted by molar-refractivity contribution is 4.91. The molecule has 3 nitrogen and oxygen atoms in total. The Balaban J connectivity index is 1.92. The lowest BCUT2D eigenvalue weighted by Gasteiger charge is -2.42. The molecule has 1 atom stereocenters. The fourth-order valence-corrected chi connectivity index (χ4v) is 3.54. The Kier molecular flexibility index (Phi) is 4.91. The second-order valence-corrected chi connectivity index (χ2v) is 7.82. The second-order valence-electron chi connectivity index (χ2n) is 7.82. The minimum Gasteiger partial charge on any atom is -0.381 e. The van der Waals surface area contributed by atoms with E-state index in [0.717, 1.165) is 19.8 Å². The zero-order valence-electron chi connectivity index (χ0n) is 13.3. The molecule has 1 unspecified atom stereocenters. The van der Waals surface area contributed by atoms with Crippen LogP contribution in [0.1, 0.15) is 47.0 Å². The zero-order valence-corrected chi connectivity index (χ0v) is 13.3. The van der Waals surface area contributed by atoms with Gasteiger partial charge in [-0.05, 0) is 31.2 Å². The average molecular weight is 268 g/mol. The van der Waals surface area contributed by atoms with Gasteiger partial charge in [-0.3, -0.25) is 0 Å². The molecular formula is C16H32N2O. The van der Waals surface area contributed by atoms with Crippen molar-refractivity contribution in [3.63, 3.8) is 0 Å². The molecule has 112 valence electrons. The van der Waals surface area contributed by atoms with Crippen LogP contribution in [0.4, 0.5) is 0 Å². The number of hydrogen-bond acceptors (Lipinski definition) is 3. The summed E-state index contributed by atoms with van der Waals surface area (Å²) in [6, 6.07) is 0.565. The van der Waals surface area contributed by atoms with Gasteiger partial charge in [-0.1, -0.05) is 27.7 Å². The summed E-state index contributed by atoms with van der Waals surface area (Å²) < 4.78 is 5.72. The highest BCUT2D eigenvalue weighted by atomic mass is 16.5. The van der Waals surface area contributed by atoms with Crippen molar-refractivity contribution in [2.24, 2.45) is 10.8 Å². The quantitative estimate of drug-likeness (QED) is 0.829. The largest absolute Gasteiger partial charge is 0.381 e. The van der Waals surface area contributed by atoms with Gasteiger partial charge in [-0.2, -0.15) is 0 Å². The first-order valence-corrected chi connectivity index (χ1v) is 7.94. The third-order valence-electron chi connectivity index (χ3n) is 4.61. The normalized spacial score (nSPS) is 32.1. The van der Waals surface area contributed by atoms with Crippen LogP contribution < -0.4 is 5.32 Å². The molecule has 19 heavy (non-hydrogen) atoms. The maximum absolute atomic E-state index is 5.72. The SMILES string of the molecule is CC(C)NCC1(CN2CCCC(C)(C)C2)CCOC1. The first kappa shape index (κ1) is 15.3. The van der Waals surface area contributed by atoms with Crippen LogP contribution in [-0.4, -0.2) is 50.3 Å². The Morgan fingerprint density at radius 2 is 2.05 bits per heavy atom. The lowest BCUT2D eigenvalue weighted by Crippen LogP contribution is -2.50. The molecule has 0 radical (unpaired) electrons. The summed E-state index contributed by atoms with van der Waals surface area (Å²) in [5.74, 6) is 0. The summed E-state index contributed by atoms with van der Waals surface area (Å²) in [7, 11) is 0. The van der Waals surface area contributed by atoms with Gasteiger partial charge in [-0.15, -0.1) is 0 Å². The molecule has 0 aromatic rings. The number of hydrogen-bond donors (Lipinski definition) is 1. The molecule has 0 amide bonds. The van der Waals surface area contributed by atoms with E-state index in [1.165, 1.54) is 38.9 Å². The molecule has 0 aliphatic carbocycles. The summed E-state index contributed by atoms with van der Waals surface area (Å²) in [4.78, 5) is 2.68. The molecular weight excluding hydrogens is 236 g/mol. The van der Waals surface area contributed by atoms with E-state index in [2.05, 4.69) is 37.9 Å². The molecule has 2 fully saturated rings. The van der Waals surface area contributed by atoms with Gasteiger partial charge >= 0.3 is 0 Å². The van der Waals surface area contributed by atoms with Gasteiger partial charge in [0.25, 0.3) is 0 Å². The second kappa shape index (κ2) is 6.11. The minimum atomic E-state index is 0.345. The number of nitrogens with zero attached hydrogens (tertiary/aromatic N) is 1. The lowest BCUT2D eigenvalue weighted by molar-refractivity contribution is 0.0575. The van der Waals surface area contributed by atoms with Crippen molar-refractivity contribution in [2.45, 2.75) is 53.0 Å². The van der Waals surface area contributed by atoms with E-state index in [-0.39, 0.29) is 0 Å². The molecule has 2 aliphatic rings. The van der Waals surface area contributed by atoms with E-state index in [1.54, 1.807) is 0 Å². The average Bonchev–Trinajstić information content (AvgIpc) is 2.74. The van der Waals surface area contributed by atoms with Crippen molar-refractivity contribution in [3.8, 4) is 0 Å². The summed E-state index contributed by atoms with van der Waals surface area (Å²) in [5, 5.41) is 3.63. The Hall–Kier alpha value is -0.120. The zero-order chi connectivity index (χ0) is 13.9. The Morgan fingerprint density at radius 3 is 2.63 bits per heavy atom. The van der Waals surface area contributed by atoms with Crippen LogP contribution in [-0.2, 0) is 4.74 Å². The van der Waals surface area contributed by atoms with Gasteiger partial charge < -0.3 is 15.0 Å². The van der Waals surface area contributed by atoms with Crippen LogP contribution in [0.25, 0.3) is 0 Å². The van der Waals surface area contributed by atoms with Gasteiger partial charge in [0.1, 0.15) is 0 Å². The predicted molar refractivity (Wildman–Crippen MR) is 80.5 cm³/mol. The van der Waals surface area contributed by atoms with Crippen LogP contribution >= 0.6 is 0 Å². The minimum absolute atomic E-state index is 0.345. The molecule has 0 bridgehead atoms. The highest BCUT2D eigenvalue weighted by Crippen LogP contribution is 2.34. The fraction of sp³-hybridized carbons (Fsp3) is 1.00. The summed E-state index contributed by atoms with van der Waals surface area (Å²) >= 11 is 0. The third kappa shape index (κ3) is 4.44. The topological polar surface area (TPSA) is 24.5 Å². The van der Waals surface area contributed by atoms with Crippen LogP contribution in [0.2, 0.25) is 0 Å². The van der Waals surface area contributed by atoms with Crippen molar-refractivity contribution in [1.29, 1.82) is 0 Å². The van der Waals surface area contributed by atoms with E-state index < -0.39 is 0 Å². The molecule has 2 aliphatic heterocycles. The standard InChI is InChI=1S/C16H32N2O/c1-14(2)17-10-16(7-9-19-13-16)12-18-8-5-6-15(3,4)11-18/h14,17H,5-13H2,1-4H3. The first-order valence-electron chi connectivity index (χ1n) is 7.94. The van der Waals surface area contributed by atoms with E-state index in [1.807, 2.05) is 0 Å². The molecule has 2 saturated heterocycles. The molecule has 3 heteroatoms. The van der Waals surface area contributed by atoms with Gasteiger partial charge in [0.2, 0.25) is 0 Å². The molecule has 0 saturated carbocycles. The number of nitrogens with one attached hydrogen (secondary N) is 1. The number of likely N-dealkylation sites (tertiary alicyclic amines) is 1. The Bertz CT molecular complexity index is 282. The van der Waals surface area contributed by atoms with Crippen LogP contribution in [0.15, 0.2) is 0 Å². The van der Waals surface area contributed by atoms with E-state index >= 15 is 0 Å². The van der Waals surface area contributed by atoms with Gasteiger partial charge in [0.15, 0.2) is 0 Å². The number of ether oxygens (including phenoxy) is 1. The Morgan fingerprint density at radius 1 is 1.26 bits per heavy atom. The van der Waals surface area contributed by atoms with Gasteiger partial charge in [0, 0.05) is 37.7 Å². The maximum Gasteiger partial charge on any atom is 0.0547 e. The maximum atomic E-state index is 5.72. The third-order valence-corrected chi connectivity index (χ3v) is 4.61. The summed E-state index contributed by atoms with van der Waals surface area (Å²) in [6.45, 7) is 16.0. The summed E-state index contributed by atoms with van der Waals surface area (Å²) in [5.41, 5.74) is 0.835. The van der Waals surface area contributed by atoms with E-state index in [9.17, 15) is 0 Å². The molecule has 0 spiro atoms. The Labute approximate surface area is 119 Å². The predicted octanol–water partition coefficient (Wildman–Crippen LogP) is 2.51. The van der Waals surface area contributed by atoms with Gasteiger partial charge in [0.05, 0.1) is 6.61 Å².